The highest BCUT2D eigenvalue weighted by molar-refractivity contribution is 7.09. The molecular weight excluding hydrogens is 238 g/mol. The van der Waals surface area contributed by atoms with Crippen LogP contribution in [0.5, 0.6) is 0 Å². The van der Waals surface area contributed by atoms with Gasteiger partial charge in [-0.05, 0) is 55.2 Å². The number of thiophene rings is 1. The molecule has 0 aliphatic rings. The number of hydrogen-bond donors (Lipinski definition) is 1. The summed E-state index contributed by atoms with van der Waals surface area (Å²) in [5.41, 5.74) is 8.96. The van der Waals surface area contributed by atoms with Crippen LogP contribution in [0.1, 0.15) is 28.8 Å². The first-order chi connectivity index (χ1) is 8.75. The predicted octanol–water partition coefficient (Wildman–Crippen LogP) is 3.95. The van der Waals surface area contributed by atoms with Crippen molar-refractivity contribution in [1.82, 2.24) is 0 Å². The maximum absolute atomic E-state index is 6.22. The molecule has 1 unspecified atom stereocenters. The SMILES string of the molecule is Cc1ccccc1CC(N)CCCc1cccs1. The predicted molar refractivity (Wildman–Crippen MR) is 80.1 cm³/mol. The van der Waals surface area contributed by atoms with E-state index in [2.05, 4.69) is 48.7 Å². The molecule has 18 heavy (non-hydrogen) atoms. The van der Waals surface area contributed by atoms with Gasteiger partial charge in [0, 0.05) is 10.9 Å². The van der Waals surface area contributed by atoms with Crippen molar-refractivity contribution in [3.05, 3.63) is 57.8 Å². The van der Waals surface area contributed by atoms with Gasteiger partial charge in [0.15, 0.2) is 0 Å². The van der Waals surface area contributed by atoms with Crippen molar-refractivity contribution in [2.45, 2.75) is 38.6 Å². The topological polar surface area (TPSA) is 26.0 Å². The van der Waals surface area contributed by atoms with Crippen molar-refractivity contribution in [2.75, 3.05) is 0 Å². The van der Waals surface area contributed by atoms with E-state index in [-0.39, 0.29) is 6.04 Å². The van der Waals surface area contributed by atoms with E-state index < -0.39 is 0 Å². The van der Waals surface area contributed by atoms with E-state index in [4.69, 9.17) is 5.73 Å². The molecule has 1 aromatic heterocycles. The summed E-state index contributed by atoms with van der Waals surface area (Å²) >= 11 is 1.84. The number of rotatable bonds is 6. The Balaban J connectivity index is 1.75. The van der Waals surface area contributed by atoms with Crippen molar-refractivity contribution >= 4 is 11.3 Å². The lowest BCUT2D eigenvalue weighted by Crippen LogP contribution is -2.23. The van der Waals surface area contributed by atoms with E-state index in [1.165, 1.54) is 28.8 Å². The summed E-state index contributed by atoms with van der Waals surface area (Å²) in [6.07, 6.45) is 4.45. The normalized spacial score (nSPS) is 12.6. The summed E-state index contributed by atoms with van der Waals surface area (Å²) in [7, 11) is 0. The molecule has 1 heterocycles. The quantitative estimate of drug-likeness (QED) is 0.835. The Hall–Kier alpha value is -1.12. The summed E-state index contributed by atoms with van der Waals surface area (Å²) in [5, 5.41) is 2.14. The van der Waals surface area contributed by atoms with Crippen LogP contribution in [-0.2, 0) is 12.8 Å². The fraction of sp³-hybridized carbons (Fsp3) is 0.375. The first-order valence-electron chi connectivity index (χ1n) is 6.58. The molecule has 1 atom stereocenters. The first-order valence-corrected chi connectivity index (χ1v) is 7.46. The molecule has 0 aliphatic carbocycles. The molecule has 2 heteroatoms. The molecule has 1 nitrogen and oxygen atoms in total. The molecule has 0 amide bonds. The molecule has 2 N–H and O–H groups in total. The lowest BCUT2D eigenvalue weighted by atomic mass is 9.98. The molecular formula is C16H21NS. The second-order valence-corrected chi connectivity index (χ2v) is 5.89. The Labute approximate surface area is 114 Å². The summed E-state index contributed by atoms with van der Waals surface area (Å²) < 4.78 is 0. The maximum atomic E-state index is 6.22. The van der Waals surface area contributed by atoms with Crippen molar-refractivity contribution in [3.63, 3.8) is 0 Å². The van der Waals surface area contributed by atoms with Gasteiger partial charge in [-0.15, -0.1) is 11.3 Å². The number of benzene rings is 1. The minimum absolute atomic E-state index is 0.283. The second kappa shape index (κ2) is 6.72. The van der Waals surface area contributed by atoms with E-state index in [0.29, 0.717) is 0 Å². The smallest absolute Gasteiger partial charge is 0.00795 e. The molecule has 0 fully saturated rings. The summed E-state index contributed by atoms with van der Waals surface area (Å²) in [6.45, 7) is 2.16. The summed E-state index contributed by atoms with van der Waals surface area (Å²) in [6, 6.07) is 13.1. The van der Waals surface area contributed by atoms with Gasteiger partial charge in [-0.1, -0.05) is 30.3 Å². The fourth-order valence-electron chi connectivity index (χ4n) is 2.22. The van der Waals surface area contributed by atoms with Gasteiger partial charge in [-0.3, -0.25) is 0 Å². The molecule has 0 radical (unpaired) electrons. The molecule has 0 bridgehead atoms. The maximum Gasteiger partial charge on any atom is 0.00795 e. The van der Waals surface area contributed by atoms with E-state index in [1.807, 2.05) is 11.3 Å². The third kappa shape index (κ3) is 3.97. The van der Waals surface area contributed by atoms with Gasteiger partial charge >= 0.3 is 0 Å². The minimum atomic E-state index is 0.283. The van der Waals surface area contributed by atoms with Crippen LogP contribution < -0.4 is 5.73 Å². The van der Waals surface area contributed by atoms with Crippen molar-refractivity contribution in [3.8, 4) is 0 Å². The number of hydrogen-bond acceptors (Lipinski definition) is 2. The number of aryl methyl sites for hydroxylation is 2. The average Bonchev–Trinajstić information content (AvgIpc) is 2.85. The van der Waals surface area contributed by atoms with Crippen molar-refractivity contribution in [1.29, 1.82) is 0 Å². The molecule has 0 saturated heterocycles. The molecule has 0 saturated carbocycles. The van der Waals surface area contributed by atoms with Gasteiger partial charge in [-0.2, -0.15) is 0 Å². The van der Waals surface area contributed by atoms with Crippen LogP contribution in [0.3, 0.4) is 0 Å². The Morgan fingerprint density at radius 2 is 2.00 bits per heavy atom. The molecule has 1 aromatic carbocycles. The van der Waals surface area contributed by atoms with Gasteiger partial charge in [-0.25, -0.2) is 0 Å². The highest BCUT2D eigenvalue weighted by atomic mass is 32.1. The van der Waals surface area contributed by atoms with Gasteiger partial charge in [0.2, 0.25) is 0 Å². The van der Waals surface area contributed by atoms with Crippen LogP contribution >= 0.6 is 11.3 Å². The zero-order chi connectivity index (χ0) is 12.8. The van der Waals surface area contributed by atoms with Crippen LogP contribution in [0.25, 0.3) is 0 Å². The van der Waals surface area contributed by atoms with E-state index in [0.717, 1.165) is 12.8 Å². The summed E-state index contributed by atoms with van der Waals surface area (Å²) in [5.74, 6) is 0. The fourth-order valence-corrected chi connectivity index (χ4v) is 2.97. The minimum Gasteiger partial charge on any atom is -0.327 e. The highest BCUT2D eigenvalue weighted by Crippen LogP contribution is 2.15. The first kappa shape index (κ1) is 13.3. The van der Waals surface area contributed by atoms with Crippen LogP contribution in [-0.4, -0.2) is 6.04 Å². The molecule has 2 aromatic rings. The summed E-state index contributed by atoms with van der Waals surface area (Å²) in [4.78, 5) is 1.47. The van der Waals surface area contributed by atoms with Gasteiger partial charge < -0.3 is 5.73 Å². The standard InChI is InChI=1S/C16H21NS/c1-13-6-2-3-7-14(13)12-15(17)8-4-9-16-10-5-11-18-16/h2-3,5-7,10-11,15H,4,8-9,12,17H2,1H3. The average molecular weight is 259 g/mol. The van der Waals surface area contributed by atoms with Crippen LogP contribution in [0.15, 0.2) is 41.8 Å². The van der Waals surface area contributed by atoms with E-state index in [1.54, 1.807) is 0 Å². The van der Waals surface area contributed by atoms with E-state index in [9.17, 15) is 0 Å². The lowest BCUT2D eigenvalue weighted by Gasteiger charge is -2.13. The Kier molecular flexibility index (Phi) is 4.97. The van der Waals surface area contributed by atoms with Crippen LogP contribution in [0.4, 0.5) is 0 Å². The zero-order valence-corrected chi connectivity index (χ0v) is 11.7. The van der Waals surface area contributed by atoms with Crippen molar-refractivity contribution in [2.24, 2.45) is 5.73 Å². The number of nitrogens with two attached hydrogens (primary N) is 1. The zero-order valence-electron chi connectivity index (χ0n) is 10.9. The third-order valence-corrected chi connectivity index (χ3v) is 4.26. The van der Waals surface area contributed by atoms with E-state index >= 15 is 0 Å². The molecule has 2 rings (SSSR count). The van der Waals surface area contributed by atoms with Gasteiger partial charge in [0.05, 0.1) is 0 Å². The third-order valence-electron chi connectivity index (χ3n) is 3.32. The van der Waals surface area contributed by atoms with Crippen LogP contribution in [0, 0.1) is 6.92 Å². The molecule has 0 aliphatic heterocycles. The van der Waals surface area contributed by atoms with Crippen molar-refractivity contribution < 1.29 is 0 Å². The molecule has 0 spiro atoms. The Morgan fingerprint density at radius 3 is 2.72 bits per heavy atom. The monoisotopic (exact) mass is 259 g/mol. The highest BCUT2D eigenvalue weighted by Gasteiger charge is 2.06. The Morgan fingerprint density at radius 1 is 1.17 bits per heavy atom. The van der Waals surface area contributed by atoms with Crippen LogP contribution in [0.2, 0.25) is 0 Å². The van der Waals surface area contributed by atoms with Gasteiger partial charge in [0.25, 0.3) is 0 Å². The van der Waals surface area contributed by atoms with Gasteiger partial charge in [0.1, 0.15) is 0 Å². The Bertz CT molecular complexity index is 462. The largest absolute Gasteiger partial charge is 0.327 e. The second-order valence-electron chi connectivity index (χ2n) is 4.86. The molecule has 96 valence electrons. The lowest BCUT2D eigenvalue weighted by molar-refractivity contribution is 0.580.